The summed E-state index contributed by atoms with van der Waals surface area (Å²) >= 11 is 0. The molecule has 4 aromatic heterocycles. The van der Waals surface area contributed by atoms with Gasteiger partial charge in [-0.1, -0.05) is 158 Å². The second-order valence-corrected chi connectivity index (χ2v) is 16.1. The number of hydrogen-bond donors (Lipinski definition) is 0. The SMILES string of the molecule is c1ccc(-c2cc(-c3c(-n4c5ccccc5c5ccc6c(c7ccccc7n6-c6ccccc6)c54)ccc4c3c3ccccc3n4-c3ccccc3)nc(-c3ccccc3)n2)cc1. The fourth-order valence-corrected chi connectivity index (χ4v) is 10.0. The van der Waals surface area contributed by atoms with Crippen LogP contribution in [-0.2, 0) is 0 Å². The van der Waals surface area contributed by atoms with Gasteiger partial charge in [-0.25, -0.2) is 9.97 Å². The van der Waals surface area contributed by atoms with Gasteiger partial charge >= 0.3 is 0 Å². The van der Waals surface area contributed by atoms with E-state index in [1.165, 1.54) is 27.1 Å². The van der Waals surface area contributed by atoms with Gasteiger partial charge in [-0.2, -0.15) is 0 Å². The van der Waals surface area contributed by atoms with Crippen LogP contribution in [0.2, 0.25) is 0 Å². The lowest BCUT2D eigenvalue weighted by molar-refractivity contribution is 1.15. The van der Waals surface area contributed by atoms with Crippen LogP contribution in [0.4, 0.5) is 0 Å². The fraction of sp³-hybridized carbons (Fsp3) is 0. The molecular weight excluding hydrogens is 767 g/mol. The average molecular weight is 804 g/mol. The number of fused-ring (bicyclic) bond motifs is 10. The first kappa shape index (κ1) is 35.2. The number of benzene rings is 9. The first-order chi connectivity index (χ1) is 31.3. The molecule has 13 rings (SSSR count). The molecule has 0 atom stereocenters. The van der Waals surface area contributed by atoms with Crippen LogP contribution < -0.4 is 0 Å². The second-order valence-electron chi connectivity index (χ2n) is 16.1. The Morgan fingerprint density at radius 3 is 1.38 bits per heavy atom. The predicted molar refractivity (Wildman–Crippen MR) is 261 cm³/mol. The molecule has 0 fully saturated rings. The third-order valence-electron chi connectivity index (χ3n) is 12.6. The van der Waals surface area contributed by atoms with Crippen molar-refractivity contribution >= 4 is 65.4 Å². The van der Waals surface area contributed by atoms with Gasteiger partial charge in [0, 0.05) is 60.4 Å². The van der Waals surface area contributed by atoms with E-state index in [1.54, 1.807) is 0 Å². The van der Waals surface area contributed by atoms with Crippen molar-refractivity contribution in [2.24, 2.45) is 0 Å². The van der Waals surface area contributed by atoms with Crippen molar-refractivity contribution in [3.8, 4) is 51.0 Å². The number of rotatable bonds is 6. The van der Waals surface area contributed by atoms with Gasteiger partial charge in [-0.3, -0.25) is 0 Å². The number of aromatic nitrogens is 5. The maximum Gasteiger partial charge on any atom is 0.160 e. The van der Waals surface area contributed by atoms with Crippen molar-refractivity contribution in [3.63, 3.8) is 0 Å². The predicted octanol–water partition coefficient (Wildman–Crippen LogP) is 14.8. The minimum absolute atomic E-state index is 0.678. The van der Waals surface area contributed by atoms with Crippen molar-refractivity contribution in [3.05, 3.63) is 224 Å². The van der Waals surface area contributed by atoms with Crippen LogP contribution in [-0.4, -0.2) is 23.7 Å². The van der Waals surface area contributed by atoms with Crippen molar-refractivity contribution < 1.29 is 0 Å². The summed E-state index contributed by atoms with van der Waals surface area (Å²) in [5, 5.41) is 7.09. The Hall–Kier alpha value is -8.54. The van der Waals surface area contributed by atoms with E-state index in [4.69, 9.17) is 9.97 Å². The number of hydrogen-bond acceptors (Lipinski definition) is 2. The Kier molecular flexibility index (Phi) is 7.84. The highest BCUT2D eigenvalue weighted by molar-refractivity contribution is 6.27. The molecule has 0 amide bonds. The number of nitrogens with zero attached hydrogens (tertiary/aromatic N) is 5. The summed E-state index contributed by atoms with van der Waals surface area (Å²) in [6.45, 7) is 0. The van der Waals surface area contributed by atoms with Crippen LogP contribution in [0.15, 0.2) is 224 Å². The van der Waals surface area contributed by atoms with E-state index in [0.717, 1.165) is 83.5 Å². The summed E-state index contributed by atoms with van der Waals surface area (Å²) in [6, 6.07) is 80.2. The molecule has 4 heterocycles. The van der Waals surface area contributed by atoms with E-state index < -0.39 is 0 Å². The Labute approximate surface area is 363 Å². The highest BCUT2D eigenvalue weighted by Crippen LogP contribution is 2.47. The average Bonchev–Trinajstić information content (AvgIpc) is 4.00. The van der Waals surface area contributed by atoms with Crippen molar-refractivity contribution in [2.75, 3.05) is 0 Å². The van der Waals surface area contributed by atoms with E-state index >= 15 is 0 Å². The summed E-state index contributed by atoms with van der Waals surface area (Å²) in [6.07, 6.45) is 0. The van der Waals surface area contributed by atoms with Crippen LogP contribution in [0.25, 0.3) is 116 Å². The van der Waals surface area contributed by atoms with Gasteiger partial charge in [-0.15, -0.1) is 0 Å². The standard InChI is InChI=1S/C58H37N5/c1-5-19-38(20-6-1)46-37-47(60-58(59-46)39-21-7-2-8-22-39)56-53(36-35-51-54(56)44-28-14-17-31-49(44)61(51)40-23-9-3-10-24-40)63-48-30-16-13-27-42(48)43-33-34-52-55(57(43)63)45-29-15-18-32-50(45)62(52)41-25-11-4-12-26-41/h1-37H. The van der Waals surface area contributed by atoms with E-state index in [0.29, 0.717) is 5.82 Å². The molecule has 0 unspecified atom stereocenters. The van der Waals surface area contributed by atoms with Gasteiger partial charge < -0.3 is 13.7 Å². The molecule has 5 heteroatoms. The quantitative estimate of drug-likeness (QED) is 0.168. The molecule has 0 N–H and O–H groups in total. The van der Waals surface area contributed by atoms with Crippen molar-refractivity contribution in [2.45, 2.75) is 0 Å². The molecule has 0 bridgehead atoms. The lowest BCUT2D eigenvalue weighted by atomic mass is 9.98. The zero-order valence-corrected chi connectivity index (χ0v) is 34.1. The molecule has 0 aliphatic carbocycles. The summed E-state index contributed by atoms with van der Waals surface area (Å²) in [5.74, 6) is 0.678. The van der Waals surface area contributed by atoms with Gasteiger partial charge in [0.05, 0.1) is 50.2 Å². The molecule has 0 aliphatic rings. The normalized spacial score (nSPS) is 11.8. The van der Waals surface area contributed by atoms with E-state index in [1.807, 2.05) is 6.07 Å². The lowest BCUT2D eigenvalue weighted by Crippen LogP contribution is -2.02. The van der Waals surface area contributed by atoms with Gasteiger partial charge in [0.2, 0.25) is 0 Å². The Morgan fingerprint density at radius 2 is 0.762 bits per heavy atom. The van der Waals surface area contributed by atoms with Crippen molar-refractivity contribution in [1.82, 2.24) is 23.7 Å². The van der Waals surface area contributed by atoms with E-state index in [9.17, 15) is 0 Å². The van der Waals surface area contributed by atoms with Gasteiger partial charge in [0.25, 0.3) is 0 Å². The van der Waals surface area contributed by atoms with Crippen LogP contribution in [0.3, 0.4) is 0 Å². The molecule has 0 saturated carbocycles. The van der Waals surface area contributed by atoms with Gasteiger partial charge in [0.1, 0.15) is 0 Å². The van der Waals surface area contributed by atoms with Crippen LogP contribution >= 0.6 is 0 Å². The maximum atomic E-state index is 5.59. The summed E-state index contributed by atoms with van der Waals surface area (Å²) in [4.78, 5) is 10.9. The zero-order valence-electron chi connectivity index (χ0n) is 34.1. The molecule has 9 aromatic carbocycles. The third kappa shape index (κ3) is 5.36. The highest BCUT2D eigenvalue weighted by atomic mass is 15.0. The van der Waals surface area contributed by atoms with Crippen molar-refractivity contribution in [1.29, 1.82) is 0 Å². The maximum absolute atomic E-state index is 5.59. The summed E-state index contributed by atoms with van der Waals surface area (Å²) in [5.41, 5.74) is 14.9. The Morgan fingerprint density at radius 1 is 0.302 bits per heavy atom. The Balaban J connectivity index is 1.24. The highest BCUT2D eigenvalue weighted by Gasteiger charge is 2.26. The monoisotopic (exact) mass is 803 g/mol. The molecule has 294 valence electrons. The second kappa shape index (κ2) is 14.0. The molecule has 0 spiro atoms. The van der Waals surface area contributed by atoms with E-state index in [2.05, 4.69) is 232 Å². The third-order valence-corrected chi connectivity index (χ3v) is 12.6. The largest absolute Gasteiger partial charge is 0.309 e. The zero-order chi connectivity index (χ0) is 41.4. The molecule has 5 nitrogen and oxygen atoms in total. The smallest absolute Gasteiger partial charge is 0.160 e. The lowest BCUT2D eigenvalue weighted by Gasteiger charge is -2.18. The van der Waals surface area contributed by atoms with Gasteiger partial charge in [-0.05, 0) is 66.7 Å². The van der Waals surface area contributed by atoms with Crippen LogP contribution in [0.1, 0.15) is 0 Å². The van der Waals surface area contributed by atoms with Crippen LogP contribution in [0, 0.1) is 0 Å². The minimum Gasteiger partial charge on any atom is -0.309 e. The summed E-state index contributed by atoms with van der Waals surface area (Å²) in [7, 11) is 0. The van der Waals surface area contributed by atoms with Gasteiger partial charge in [0.15, 0.2) is 5.82 Å². The van der Waals surface area contributed by atoms with Crippen LogP contribution in [0.5, 0.6) is 0 Å². The molecule has 0 saturated heterocycles. The molecule has 0 aliphatic heterocycles. The minimum atomic E-state index is 0.678. The first-order valence-corrected chi connectivity index (χ1v) is 21.4. The summed E-state index contributed by atoms with van der Waals surface area (Å²) < 4.78 is 7.32. The molecular formula is C58H37N5. The molecule has 0 radical (unpaired) electrons. The Bertz CT molecular complexity index is 3820. The molecule has 63 heavy (non-hydrogen) atoms. The first-order valence-electron chi connectivity index (χ1n) is 21.4. The molecule has 13 aromatic rings. The number of para-hydroxylation sites is 5. The van der Waals surface area contributed by atoms with E-state index in [-0.39, 0.29) is 0 Å². The topological polar surface area (TPSA) is 40.6 Å². The fourth-order valence-electron chi connectivity index (χ4n) is 10.0.